The molecule has 9 nitrogen and oxygen atoms in total. The SMILES string of the molecule is O=S(=O)(CCO/N=C1/C(c2c(O)[nH]c3ccc(F)cc23)=Nc2ccccc21)N1CCNCC1. The Morgan fingerprint density at radius 2 is 1.97 bits per heavy atom. The Balaban J connectivity index is 1.43. The van der Waals surface area contributed by atoms with E-state index in [9.17, 15) is 17.9 Å². The first-order chi connectivity index (χ1) is 15.9. The normalized spacial score (nSPS) is 18.0. The lowest BCUT2D eigenvalue weighted by Gasteiger charge is -2.26. The van der Waals surface area contributed by atoms with Crippen LogP contribution < -0.4 is 5.32 Å². The molecule has 0 radical (unpaired) electrons. The monoisotopic (exact) mass is 471 g/mol. The summed E-state index contributed by atoms with van der Waals surface area (Å²) in [6.45, 7) is 1.95. The van der Waals surface area contributed by atoms with E-state index >= 15 is 0 Å². The Hall–Kier alpha value is -3.28. The fraction of sp³-hybridized carbons (Fsp3) is 0.273. The number of halogens is 1. The van der Waals surface area contributed by atoms with Crippen molar-refractivity contribution in [2.75, 3.05) is 38.5 Å². The van der Waals surface area contributed by atoms with Crippen molar-refractivity contribution in [2.24, 2.45) is 10.1 Å². The van der Waals surface area contributed by atoms with Gasteiger partial charge in [-0.05, 0) is 24.3 Å². The number of nitrogens with one attached hydrogen (secondary N) is 2. The lowest BCUT2D eigenvalue weighted by Crippen LogP contribution is -2.47. The summed E-state index contributed by atoms with van der Waals surface area (Å²) in [6.07, 6.45) is 0. The third-order valence-corrected chi connectivity index (χ3v) is 7.49. The standard InChI is InChI=1S/C22H22FN5O4S/c23-14-5-6-18-16(13-14)19(22(29)26-18)21-20(15-3-1-2-4-17(15)25-21)27-32-11-12-33(30,31)28-9-7-24-8-10-28/h1-6,13,24,26,29H,7-12H2/b27-20+. The molecule has 2 aromatic carbocycles. The maximum absolute atomic E-state index is 13.9. The minimum Gasteiger partial charge on any atom is -0.494 e. The molecular formula is C22H22FN5O4S. The van der Waals surface area contributed by atoms with Gasteiger partial charge in [-0.15, -0.1) is 0 Å². The van der Waals surface area contributed by atoms with Gasteiger partial charge in [-0.1, -0.05) is 23.4 Å². The molecule has 3 aromatic rings. The molecule has 0 saturated carbocycles. The number of piperazine rings is 1. The second-order valence-corrected chi connectivity index (χ2v) is 9.84. The highest BCUT2D eigenvalue weighted by atomic mass is 32.2. The molecule has 33 heavy (non-hydrogen) atoms. The van der Waals surface area contributed by atoms with Crippen molar-refractivity contribution in [1.82, 2.24) is 14.6 Å². The van der Waals surface area contributed by atoms with Gasteiger partial charge < -0.3 is 20.2 Å². The molecule has 0 atom stereocenters. The van der Waals surface area contributed by atoms with E-state index in [1.165, 1.54) is 22.5 Å². The number of fused-ring (bicyclic) bond motifs is 2. The molecule has 0 amide bonds. The number of nitrogens with zero attached hydrogens (tertiary/aromatic N) is 3. The van der Waals surface area contributed by atoms with E-state index in [0.29, 0.717) is 65.3 Å². The maximum atomic E-state index is 13.9. The summed E-state index contributed by atoms with van der Waals surface area (Å²) in [6, 6.07) is 11.4. The number of H-pyrrole nitrogens is 1. The molecular weight excluding hydrogens is 449 g/mol. The predicted molar refractivity (Wildman–Crippen MR) is 123 cm³/mol. The van der Waals surface area contributed by atoms with Crippen molar-refractivity contribution in [3.05, 3.63) is 59.4 Å². The van der Waals surface area contributed by atoms with Crippen molar-refractivity contribution in [3.63, 3.8) is 0 Å². The number of hydrogen-bond acceptors (Lipinski definition) is 7. The van der Waals surface area contributed by atoms with Crippen LogP contribution in [0.5, 0.6) is 5.88 Å². The van der Waals surface area contributed by atoms with Crippen LogP contribution in [0.3, 0.4) is 0 Å². The highest BCUT2D eigenvalue weighted by molar-refractivity contribution is 7.89. The topological polar surface area (TPSA) is 119 Å². The van der Waals surface area contributed by atoms with Crippen molar-refractivity contribution in [2.45, 2.75) is 0 Å². The quantitative estimate of drug-likeness (QED) is 0.376. The molecule has 3 N–H and O–H groups in total. The van der Waals surface area contributed by atoms with E-state index in [0.717, 1.165) is 0 Å². The molecule has 0 unspecified atom stereocenters. The average molecular weight is 472 g/mol. The molecule has 5 rings (SSSR count). The number of aromatic amines is 1. The Labute approximate surface area is 189 Å². The minimum atomic E-state index is -3.45. The van der Waals surface area contributed by atoms with Crippen LogP contribution in [0.1, 0.15) is 11.1 Å². The first-order valence-electron chi connectivity index (χ1n) is 10.5. The highest BCUT2D eigenvalue weighted by Gasteiger charge is 2.30. The zero-order valence-electron chi connectivity index (χ0n) is 17.6. The Morgan fingerprint density at radius 3 is 2.79 bits per heavy atom. The number of rotatable bonds is 6. The average Bonchev–Trinajstić information content (AvgIpc) is 3.33. The van der Waals surface area contributed by atoms with Gasteiger partial charge in [0, 0.05) is 42.6 Å². The zero-order valence-corrected chi connectivity index (χ0v) is 18.4. The lowest BCUT2D eigenvalue weighted by atomic mass is 10.0. The highest BCUT2D eigenvalue weighted by Crippen LogP contribution is 2.35. The summed E-state index contributed by atoms with van der Waals surface area (Å²) in [5.41, 5.74) is 2.79. The van der Waals surface area contributed by atoms with Crippen LogP contribution in [-0.2, 0) is 14.9 Å². The zero-order chi connectivity index (χ0) is 23.0. The van der Waals surface area contributed by atoms with Gasteiger partial charge in [0.25, 0.3) is 0 Å². The molecule has 11 heteroatoms. The molecule has 3 heterocycles. The largest absolute Gasteiger partial charge is 0.494 e. The molecule has 2 aliphatic rings. The Kier molecular flexibility index (Phi) is 5.60. The van der Waals surface area contributed by atoms with Crippen LogP contribution >= 0.6 is 0 Å². The van der Waals surface area contributed by atoms with Gasteiger partial charge in [-0.3, -0.25) is 0 Å². The molecule has 2 aliphatic heterocycles. The Morgan fingerprint density at radius 1 is 1.18 bits per heavy atom. The summed E-state index contributed by atoms with van der Waals surface area (Å²) in [5.74, 6) is -0.829. The third kappa shape index (κ3) is 4.10. The number of aromatic hydroxyl groups is 1. The smallest absolute Gasteiger partial charge is 0.217 e. The van der Waals surface area contributed by atoms with Crippen molar-refractivity contribution >= 4 is 38.0 Å². The van der Waals surface area contributed by atoms with E-state index in [4.69, 9.17) is 4.84 Å². The summed E-state index contributed by atoms with van der Waals surface area (Å²) in [7, 11) is -3.45. The van der Waals surface area contributed by atoms with Crippen LogP contribution in [0.4, 0.5) is 10.1 Å². The Bertz CT molecular complexity index is 1380. The second kappa shape index (κ2) is 8.58. The van der Waals surface area contributed by atoms with Gasteiger partial charge in [-0.2, -0.15) is 4.31 Å². The van der Waals surface area contributed by atoms with Crippen molar-refractivity contribution in [3.8, 4) is 5.88 Å². The predicted octanol–water partition coefficient (Wildman–Crippen LogP) is 2.10. The lowest BCUT2D eigenvalue weighted by molar-refractivity contribution is 0.160. The maximum Gasteiger partial charge on any atom is 0.217 e. The summed E-state index contributed by atoms with van der Waals surface area (Å²) in [5, 5.41) is 18.3. The van der Waals surface area contributed by atoms with Crippen LogP contribution in [0.25, 0.3) is 10.9 Å². The van der Waals surface area contributed by atoms with Gasteiger partial charge in [0.2, 0.25) is 10.0 Å². The van der Waals surface area contributed by atoms with Gasteiger partial charge in [-0.25, -0.2) is 17.8 Å². The third-order valence-electron chi connectivity index (χ3n) is 5.65. The summed E-state index contributed by atoms with van der Waals surface area (Å²) < 4.78 is 40.4. The summed E-state index contributed by atoms with van der Waals surface area (Å²) >= 11 is 0. The second-order valence-electron chi connectivity index (χ2n) is 7.75. The number of benzene rings is 2. The number of para-hydroxylation sites is 1. The fourth-order valence-corrected chi connectivity index (χ4v) is 5.32. The number of sulfonamides is 1. The molecule has 1 saturated heterocycles. The minimum absolute atomic E-state index is 0.139. The van der Waals surface area contributed by atoms with Gasteiger partial charge >= 0.3 is 0 Å². The van der Waals surface area contributed by atoms with Gasteiger partial charge in [0.05, 0.1) is 11.3 Å². The van der Waals surface area contributed by atoms with E-state index in [1.807, 2.05) is 12.1 Å². The summed E-state index contributed by atoms with van der Waals surface area (Å²) in [4.78, 5) is 12.8. The van der Waals surface area contributed by atoms with Crippen LogP contribution in [0.2, 0.25) is 0 Å². The molecule has 1 aromatic heterocycles. The van der Waals surface area contributed by atoms with Crippen LogP contribution in [0, 0.1) is 5.82 Å². The number of aliphatic imine (C=N–C) groups is 1. The van der Waals surface area contributed by atoms with Crippen molar-refractivity contribution < 1.29 is 22.8 Å². The molecule has 0 bridgehead atoms. The van der Waals surface area contributed by atoms with E-state index in [-0.39, 0.29) is 18.2 Å². The van der Waals surface area contributed by atoms with E-state index in [1.54, 1.807) is 12.1 Å². The van der Waals surface area contributed by atoms with Gasteiger partial charge in [0.1, 0.15) is 29.6 Å². The number of aromatic nitrogens is 1. The molecule has 0 aliphatic carbocycles. The van der Waals surface area contributed by atoms with Gasteiger partial charge in [0.15, 0.2) is 5.88 Å². The first kappa shape index (κ1) is 21.6. The van der Waals surface area contributed by atoms with E-state index in [2.05, 4.69) is 20.4 Å². The van der Waals surface area contributed by atoms with Crippen LogP contribution in [0.15, 0.2) is 52.6 Å². The molecule has 0 spiro atoms. The molecule has 172 valence electrons. The fourth-order valence-electron chi connectivity index (χ4n) is 4.03. The number of oxime groups is 1. The van der Waals surface area contributed by atoms with Crippen molar-refractivity contribution in [1.29, 1.82) is 0 Å². The van der Waals surface area contributed by atoms with Crippen LogP contribution in [-0.4, -0.2) is 72.8 Å². The molecule has 1 fully saturated rings. The first-order valence-corrected chi connectivity index (χ1v) is 12.1. The number of hydrogen-bond donors (Lipinski definition) is 3. The van der Waals surface area contributed by atoms with E-state index < -0.39 is 15.8 Å².